The summed E-state index contributed by atoms with van der Waals surface area (Å²) in [5, 5.41) is 12.1. The van der Waals surface area contributed by atoms with Crippen molar-refractivity contribution >= 4 is 17.5 Å². The summed E-state index contributed by atoms with van der Waals surface area (Å²) in [4.78, 5) is 25.6. The number of rotatable bonds is 4. The Morgan fingerprint density at radius 3 is 2.78 bits per heavy atom. The van der Waals surface area contributed by atoms with Gasteiger partial charge >= 0.3 is 0 Å². The molecule has 1 saturated heterocycles. The van der Waals surface area contributed by atoms with E-state index >= 15 is 0 Å². The lowest BCUT2D eigenvalue weighted by Crippen LogP contribution is -2.42. The minimum Gasteiger partial charge on any atom is -0.391 e. The van der Waals surface area contributed by atoms with Gasteiger partial charge in [0.25, 0.3) is 5.91 Å². The minimum absolute atomic E-state index is 0.0749. The van der Waals surface area contributed by atoms with E-state index in [4.69, 9.17) is 0 Å². The Hall–Kier alpha value is -1.95. The van der Waals surface area contributed by atoms with Crippen LogP contribution in [-0.4, -0.2) is 41.0 Å². The zero-order valence-electron chi connectivity index (χ0n) is 13.5. The van der Waals surface area contributed by atoms with E-state index in [0.717, 1.165) is 12.5 Å². The summed E-state index contributed by atoms with van der Waals surface area (Å²) in [6, 6.07) is 4.03. The summed E-state index contributed by atoms with van der Waals surface area (Å²) in [6.45, 7) is 4.65. The quantitative estimate of drug-likeness (QED) is 0.894. The third-order valence-electron chi connectivity index (χ3n) is 3.77. The van der Waals surface area contributed by atoms with Gasteiger partial charge in [-0.3, -0.25) is 9.59 Å². The highest BCUT2D eigenvalue weighted by Crippen LogP contribution is 2.19. The summed E-state index contributed by atoms with van der Waals surface area (Å²) >= 11 is 0. The molecule has 1 aliphatic rings. The molecule has 0 bridgehead atoms. The van der Waals surface area contributed by atoms with Crippen LogP contribution in [-0.2, 0) is 4.79 Å². The van der Waals surface area contributed by atoms with E-state index in [1.165, 1.54) is 17.0 Å². The van der Waals surface area contributed by atoms with Gasteiger partial charge in [0.1, 0.15) is 5.82 Å². The van der Waals surface area contributed by atoms with Gasteiger partial charge in [-0.2, -0.15) is 0 Å². The fraction of sp³-hybridized carbons (Fsp3) is 0.529. The smallest absolute Gasteiger partial charge is 0.254 e. The Kier molecular flexibility index (Phi) is 5.71. The zero-order valence-corrected chi connectivity index (χ0v) is 13.5. The zero-order chi connectivity index (χ0) is 17.0. The molecule has 0 saturated carbocycles. The van der Waals surface area contributed by atoms with Crippen molar-refractivity contribution in [2.75, 3.05) is 18.4 Å². The van der Waals surface area contributed by atoms with Crippen molar-refractivity contribution in [3.63, 3.8) is 0 Å². The fourth-order valence-electron chi connectivity index (χ4n) is 2.64. The topological polar surface area (TPSA) is 69.6 Å². The first-order chi connectivity index (χ1) is 10.9. The van der Waals surface area contributed by atoms with E-state index in [1.54, 1.807) is 0 Å². The molecule has 1 atom stereocenters. The van der Waals surface area contributed by atoms with Gasteiger partial charge in [0.15, 0.2) is 0 Å². The second kappa shape index (κ2) is 7.55. The molecule has 126 valence electrons. The van der Waals surface area contributed by atoms with Gasteiger partial charge in [0.2, 0.25) is 5.91 Å². The molecule has 6 heteroatoms. The lowest BCUT2D eigenvalue weighted by atomic mass is 10.1. The second-order valence-electron chi connectivity index (χ2n) is 6.39. The Morgan fingerprint density at radius 2 is 2.17 bits per heavy atom. The maximum atomic E-state index is 14.1. The molecule has 1 aromatic carbocycles. The van der Waals surface area contributed by atoms with Crippen LogP contribution in [0.25, 0.3) is 0 Å². The Morgan fingerprint density at radius 1 is 1.43 bits per heavy atom. The van der Waals surface area contributed by atoms with Crippen molar-refractivity contribution < 1.29 is 19.1 Å². The van der Waals surface area contributed by atoms with Crippen LogP contribution in [0.2, 0.25) is 0 Å². The number of benzene rings is 1. The molecule has 1 aromatic rings. The van der Waals surface area contributed by atoms with Crippen molar-refractivity contribution in [3.05, 3.63) is 29.6 Å². The van der Waals surface area contributed by atoms with Crippen LogP contribution < -0.4 is 5.32 Å². The van der Waals surface area contributed by atoms with Gasteiger partial charge in [-0.05, 0) is 37.0 Å². The van der Waals surface area contributed by atoms with Crippen molar-refractivity contribution in [1.29, 1.82) is 0 Å². The van der Waals surface area contributed by atoms with Crippen LogP contribution in [0.3, 0.4) is 0 Å². The molecular weight excluding hydrogens is 299 g/mol. The van der Waals surface area contributed by atoms with E-state index in [2.05, 4.69) is 5.32 Å². The predicted molar refractivity (Wildman–Crippen MR) is 85.6 cm³/mol. The van der Waals surface area contributed by atoms with Crippen molar-refractivity contribution in [1.82, 2.24) is 4.90 Å². The monoisotopic (exact) mass is 322 g/mol. The largest absolute Gasteiger partial charge is 0.391 e. The molecule has 0 spiro atoms. The number of hydrogen-bond acceptors (Lipinski definition) is 3. The molecule has 1 heterocycles. The number of aliphatic hydroxyl groups excluding tert-OH is 1. The average Bonchev–Trinajstić information content (AvgIpc) is 2.47. The first-order valence-electron chi connectivity index (χ1n) is 7.93. The molecule has 5 nitrogen and oxygen atoms in total. The summed E-state index contributed by atoms with van der Waals surface area (Å²) < 4.78 is 14.1. The number of amides is 2. The SMILES string of the molecule is CC(C)CC(=O)Nc1ccc(C(=O)N2CCCC(O)C2)cc1F. The summed E-state index contributed by atoms with van der Waals surface area (Å²) in [7, 11) is 0. The van der Waals surface area contributed by atoms with Crippen LogP contribution >= 0.6 is 0 Å². The summed E-state index contributed by atoms with van der Waals surface area (Å²) in [5.74, 6) is -1.00. The van der Waals surface area contributed by atoms with Crippen LogP contribution in [0.1, 0.15) is 43.5 Å². The molecule has 1 unspecified atom stereocenters. The van der Waals surface area contributed by atoms with Gasteiger partial charge in [0.05, 0.1) is 11.8 Å². The number of piperidine rings is 1. The number of anilines is 1. The van der Waals surface area contributed by atoms with Crippen LogP contribution in [0, 0.1) is 11.7 Å². The summed E-state index contributed by atoms with van der Waals surface area (Å²) in [5.41, 5.74) is 0.296. The number of nitrogens with one attached hydrogen (secondary N) is 1. The van der Waals surface area contributed by atoms with Crippen LogP contribution in [0.5, 0.6) is 0 Å². The highest BCUT2D eigenvalue weighted by Gasteiger charge is 2.23. The number of halogens is 1. The number of likely N-dealkylation sites (tertiary alicyclic amines) is 1. The van der Waals surface area contributed by atoms with Crippen molar-refractivity contribution in [2.24, 2.45) is 5.92 Å². The molecule has 0 aromatic heterocycles. The second-order valence-corrected chi connectivity index (χ2v) is 6.39. The van der Waals surface area contributed by atoms with Crippen LogP contribution in [0.15, 0.2) is 18.2 Å². The van der Waals surface area contributed by atoms with Gasteiger partial charge < -0.3 is 15.3 Å². The van der Waals surface area contributed by atoms with Gasteiger partial charge in [-0.15, -0.1) is 0 Å². The third kappa shape index (κ3) is 4.76. The molecule has 0 aliphatic carbocycles. The molecule has 1 aliphatic heterocycles. The number of nitrogens with zero attached hydrogens (tertiary/aromatic N) is 1. The number of β-amino-alcohol motifs (C(OH)–C–C–N with tert-alkyl or cyclic N) is 1. The Labute approximate surface area is 135 Å². The molecule has 2 amide bonds. The van der Waals surface area contributed by atoms with Gasteiger partial charge in [-0.1, -0.05) is 13.8 Å². The number of carbonyl (C=O) groups is 2. The third-order valence-corrected chi connectivity index (χ3v) is 3.77. The highest BCUT2D eigenvalue weighted by atomic mass is 19.1. The number of carbonyl (C=O) groups excluding carboxylic acids is 2. The Balaban J connectivity index is 2.06. The number of aliphatic hydroxyl groups is 1. The van der Waals surface area contributed by atoms with E-state index < -0.39 is 11.9 Å². The molecule has 23 heavy (non-hydrogen) atoms. The molecular formula is C17H23FN2O3. The van der Waals surface area contributed by atoms with E-state index in [-0.39, 0.29) is 35.5 Å². The molecule has 2 N–H and O–H groups in total. The maximum absolute atomic E-state index is 14.1. The minimum atomic E-state index is -0.634. The first kappa shape index (κ1) is 17.4. The van der Waals surface area contributed by atoms with E-state index in [9.17, 15) is 19.1 Å². The highest BCUT2D eigenvalue weighted by molar-refractivity contribution is 5.96. The number of hydrogen-bond donors (Lipinski definition) is 2. The van der Waals surface area contributed by atoms with E-state index in [0.29, 0.717) is 19.4 Å². The Bertz CT molecular complexity index is 589. The summed E-state index contributed by atoms with van der Waals surface area (Å²) in [6.07, 6.45) is 1.20. The lowest BCUT2D eigenvalue weighted by molar-refractivity contribution is -0.116. The first-order valence-corrected chi connectivity index (χ1v) is 7.93. The van der Waals surface area contributed by atoms with Gasteiger partial charge in [0, 0.05) is 25.1 Å². The van der Waals surface area contributed by atoms with Gasteiger partial charge in [-0.25, -0.2) is 4.39 Å². The van der Waals surface area contributed by atoms with Crippen LogP contribution in [0.4, 0.5) is 10.1 Å². The average molecular weight is 322 g/mol. The normalized spacial score (nSPS) is 18.1. The maximum Gasteiger partial charge on any atom is 0.254 e. The van der Waals surface area contributed by atoms with Crippen molar-refractivity contribution in [3.8, 4) is 0 Å². The van der Waals surface area contributed by atoms with E-state index in [1.807, 2.05) is 13.8 Å². The molecule has 0 radical (unpaired) electrons. The lowest BCUT2D eigenvalue weighted by Gasteiger charge is -2.30. The van der Waals surface area contributed by atoms with Crippen molar-refractivity contribution in [2.45, 2.75) is 39.2 Å². The molecule has 1 fully saturated rings. The predicted octanol–water partition coefficient (Wildman–Crippen LogP) is 2.41. The fourth-order valence-corrected chi connectivity index (χ4v) is 2.64. The standard InChI is InChI=1S/C17H23FN2O3/c1-11(2)8-16(22)19-15-6-5-12(9-14(15)18)17(23)20-7-3-4-13(21)10-20/h5-6,9,11,13,21H,3-4,7-8,10H2,1-2H3,(H,19,22). The molecule has 2 rings (SSSR count).